The van der Waals surface area contributed by atoms with Gasteiger partial charge >= 0.3 is 0 Å². The van der Waals surface area contributed by atoms with Crippen LogP contribution in [0.25, 0.3) is 0 Å². The molecule has 0 saturated heterocycles. The van der Waals surface area contributed by atoms with Gasteiger partial charge in [-0.15, -0.1) is 0 Å². The van der Waals surface area contributed by atoms with Crippen LogP contribution < -0.4 is 4.74 Å². The Kier molecular flexibility index (Phi) is 9.49. The molecule has 4 rings (SSSR count). The van der Waals surface area contributed by atoms with Gasteiger partial charge < -0.3 is 14.2 Å². The Hall–Kier alpha value is -2.31. The summed E-state index contributed by atoms with van der Waals surface area (Å²) in [7, 11) is 0. The van der Waals surface area contributed by atoms with Crippen LogP contribution in [0, 0.1) is 17.5 Å². The Labute approximate surface area is 212 Å². The second-order valence-corrected chi connectivity index (χ2v) is 9.94. The average Bonchev–Trinajstić information content (AvgIpc) is 2.90. The molecule has 36 heavy (non-hydrogen) atoms. The van der Waals surface area contributed by atoms with Crippen molar-refractivity contribution in [1.82, 2.24) is 0 Å². The molecule has 6 heteroatoms. The van der Waals surface area contributed by atoms with Gasteiger partial charge in [-0.1, -0.05) is 30.9 Å². The molecule has 2 aliphatic rings. The Morgan fingerprint density at radius 2 is 1.42 bits per heavy atom. The van der Waals surface area contributed by atoms with Crippen LogP contribution in [-0.2, 0) is 16.1 Å². The number of benzene rings is 2. The van der Waals surface area contributed by atoms with Crippen LogP contribution in [0.1, 0.15) is 86.8 Å². The first-order valence-corrected chi connectivity index (χ1v) is 13.2. The molecule has 0 amide bonds. The molecule has 2 aromatic carbocycles. The lowest BCUT2D eigenvalue weighted by molar-refractivity contribution is 0.0116. The third-order valence-electron chi connectivity index (χ3n) is 7.64. The number of ether oxygens (including phenoxy) is 3. The summed E-state index contributed by atoms with van der Waals surface area (Å²) in [6, 6.07) is 8.40. The smallest absolute Gasteiger partial charge is 0.164 e. The number of rotatable bonds is 10. The van der Waals surface area contributed by atoms with E-state index < -0.39 is 11.6 Å². The highest BCUT2D eigenvalue weighted by molar-refractivity contribution is 5.32. The predicted octanol–water partition coefficient (Wildman–Crippen LogP) is 7.97. The van der Waals surface area contributed by atoms with Gasteiger partial charge in [0.05, 0.1) is 18.8 Å². The molecule has 0 unspecified atom stereocenters. The van der Waals surface area contributed by atoms with Gasteiger partial charge in [0.1, 0.15) is 18.2 Å². The van der Waals surface area contributed by atoms with Crippen molar-refractivity contribution < 1.29 is 27.4 Å². The van der Waals surface area contributed by atoms with Gasteiger partial charge in [-0.3, -0.25) is 0 Å². The first-order valence-electron chi connectivity index (χ1n) is 13.2. The monoisotopic (exact) mass is 502 g/mol. The van der Waals surface area contributed by atoms with Crippen molar-refractivity contribution >= 4 is 0 Å². The molecule has 2 fully saturated rings. The summed E-state index contributed by atoms with van der Waals surface area (Å²) in [6.07, 6.45) is 8.27. The Morgan fingerprint density at radius 1 is 0.806 bits per heavy atom. The zero-order valence-corrected chi connectivity index (χ0v) is 21.1. The minimum atomic E-state index is -0.797. The van der Waals surface area contributed by atoms with Crippen LogP contribution in [0.2, 0.25) is 0 Å². The summed E-state index contributed by atoms with van der Waals surface area (Å²) >= 11 is 0. The minimum Gasteiger partial charge on any atom is -0.489 e. The number of hydrogen-bond acceptors (Lipinski definition) is 3. The Morgan fingerprint density at radius 3 is 2.03 bits per heavy atom. The zero-order chi connectivity index (χ0) is 25.5. The third kappa shape index (κ3) is 6.51. The van der Waals surface area contributed by atoms with Crippen molar-refractivity contribution in [2.24, 2.45) is 0 Å². The van der Waals surface area contributed by atoms with Gasteiger partial charge in [0.2, 0.25) is 0 Å². The van der Waals surface area contributed by atoms with Gasteiger partial charge in [-0.2, -0.15) is 0 Å². The van der Waals surface area contributed by atoms with E-state index >= 15 is 0 Å². The quantitative estimate of drug-likeness (QED) is 0.308. The highest BCUT2D eigenvalue weighted by atomic mass is 19.2. The third-order valence-corrected chi connectivity index (χ3v) is 7.64. The van der Waals surface area contributed by atoms with Crippen LogP contribution >= 0.6 is 0 Å². The fourth-order valence-electron chi connectivity index (χ4n) is 5.64. The normalized spacial score (nSPS) is 24.4. The molecule has 0 spiro atoms. The standard InChI is InChI=1S/C30H37F3O3/c1-3-17-35-25-14-16-26(28(31)18-25)20-5-12-24(13-6-20)36-19-22-9-15-27(30(33)29(22)32)21-7-10-23(11-8-21)34-4-2/h3,9,14-16,18,20-21,23-24H,1,4-8,10-13,17,19H2,2H3. The zero-order valence-electron chi connectivity index (χ0n) is 21.1. The van der Waals surface area contributed by atoms with Crippen LogP contribution in [0.4, 0.5) is 13.2 Å². The number of halogens is 3. The summed E-state index contributed by atoms with van der Waals surface area (Å²) in [5, 5.41) is 0. The fraction of sp³-hybridized carbons (Fsp3) is 0.533. The number of hydrogen-bond donors (Lipinski definition) is 0. The molecule has 3 nitrogen and oxygen atoms in total. The topological polar surface area (TPSA) is 27.7 Å². The van der Waals surface area contributed by atoms with Crippen molar-refractivity contribution in [2.75, 3.05) is 13.2 Å². The predicted molar refractivity (Wildman–Crippen MR) is 135 cm³/mol. The molecule has 0 bridgehead atoms. The van der Waals surface area contributed by atoms with E-state index in [1.807, 2.05) is 6.92 Å². The SMILES string of the molecule is C=CCOc1ccc(C2CCC(OCc3ccc(C4CCC(OCC)CC4)c(F)c3F)CC2)c(F)c1. The highest BCUT2D eigenvalue weighted by Gasteiger charge is 2.28. The summed E-state index contributed by atoms with van der Waals surface area (Å²) in [4.78, 5) is 0. The van der Waals surface area contributed by atoms with E-state index in [0.29, 0.717) is 30.1 Å². The molecule has 2 aliphatic carbocycles. The van der Waals surface area contributed by atoms with Crippen LogP contribution in [0.15, 0.2) is 43.0 Å². The van der Waals surface area contributed by atoms with E-state index in [1.54, 1.807) is 30.3 Å². The molecule has 2 saturated carbocycles. The lowest BCUT2D eigenvalue weighted by atomic mass is 9.82. The van der Waals surface area contributed by atoms with Gasteiger partial charge in [0.15, 0.2) is 11.6 Å². The summed E-state index contributed by atoms with van der Waals surface area (Å²) in [5.41, 5.74) is 1.41. The van der Waals surface area contributed by atoms with Gasteiger partial charge in [0.25, 0.3) is 0 Å². The van der Waals surface area contributed by atoms with Crippen molar-refractivity contribution in [3.8, 4) is 5.75 Å². The maximum absolute atomic E-state index is 14.9. The molecular weight excluding hydrogens is 465 g/mol. The first kappa shape index (κ1) is 26.7. The van der Waals surface area contributed by atoms with E-state index in [0.717, 1.165) is 51.4 Å². The molecule has 0 radical (unpaired) electrons. The highest BCUT2D eigenvalue weighted by Crippen LogP contribution is 2.38. The van der Waals surface area contributed by atoms with Gasteiger partial charge in [-0.25, -0.2) is 13.2 Å². The van der Waals surface area contributed by atoms with Crippen LogP contribution in [-0.4, -0.2) is 25.4 Å². The average molecular weight is 503 g/mol. The minimum absolute atomic E-state index is 0.0319. The van der Waals surface area contributed by atoms with Crippen molar-refractivity contribution in [3.63, 3.8) is 0 Å². The van der Waals surface area contributed by atoms with E-state index in [-0.39, 0.29) is 42.0 Å². The lowest BCUT2D eigenvalue weighted by Crippen LogP contribution is -2.22. The summed E-state index contributed by atoms with van der Waals surface area (Å²) in [5.74, 6) is -1.16. The Bertz CT molecular complexity index is 1010. The molecule has 0 heterocycles. The molecule has 2 aromatic rings. The van der Waals surface area contributed by atoms with E-state index in [1.165, 1.54) is 6.07 Å². The van der Waals surface area contributed by atoms with Gasteiger partial charge in [-0.05, 0) is 87.3 Å². The first-order chi connectivity index (χ1) is 17.5. The Balaban J connectivity index is 1.28. The summed E-state index contributed by atoms with van der Waals surface area (Å²) < 4.78 is 61.4. The summed E-state index contributed by atoms with van der Waals surface area (Å²) in [6.45, 7) is 6.64. The maximum Gasteiger partial charge on any atom is 0.164 e. The van der Waals surface area contributed by atoms with E-state index in [2.05, 4.69) is 6.58 Å². The van der Waals surface area contributed by atoms with Gasteiger partial charge in [0, 0.05) is 18.2 Å². The largest absolute Gasteiger partial charge is 0.489 e. The molecule has 196 valence electrons. The van der Waals surface area contributed by atoms with E-state index in [4.69, 9.17) is 14.2 Å². The molecule has 0 aliphatic heterocycles. The molecule has 0 aromatic heterocycles. The van der Waals surface area contributed by atoms with E-state index in [9.17, 15) is 13.2 Å². The maximum atomic E-state index is 14.9. The van der Waals surface area contributed by atoms with Crippen LogP contribution in [0.5, 0.6) is 5.75 Å². The molecular formula is C30H37F3O3. The van der Waals surface area contributed by atoms with Crippen LogP contribution in [0.3, 0.4) is 0 Å². The molecule has 0 atom stereocenters. The second-order valence-electron chi connectivity index (χ2n) is 9.94. The second kappa shape index (κ2) is 12.8. The van der Waals surface area contributed by atoms with Crippen molar-refractivity contribution in [2.45, 2.75) is 88.9 Å². The molecule has 0 N–H and O–H groups in total. The lowest BCUT2D eigenvalue weighted by Gasteiger charge is -2.30. The fourth-order valence-corrected chi connectivity index (χ4v) is 5.64. The van der Waals surface area contributed by atoms with Crippen molar-refractivity contribution in [3.05, 3.63) is 77.1 Å². The van der Waals surface area contributed by atoms with Crippen molar-refractivity contribution in [1.29, 1.82) is 0 Å².